The topological polar surface area (TPSA) is 63.6 Å². The molecule has 2 unspecified atom stereocenters. The summed E-state index contributed by atoms with van der Waals surface area (Å²) in [4.78, 5) is 0. The van der Waals surface area contributed by atoms with Gasteiger partial charge in [-0.2, -0.15) is 26.2 Å². The number of quaternary nitrogens is 1. The quantitative estimate of drug-likeness (QED) is 0.491. The van der Waals surface area contributed by atoms with Crippen molar-refractivity contribution in [3.05, 3.63) is 29.8 Å². The summed E-state index contributed by atoms with van der Waals surface area (Å²) >= 11 is 0. The predicted molar refractivity (Wildman–Crippen MR) is 81.0 cm³/mol. The fourth-order valence-electron chi connectivity index (χ4n) is 3.11. The number of likely N-dealkylation sites (tertiary alicyclic amines) is 1. The zero-order valence-electron chi connectivity index (χ0n) is 13.3. The van der Waals surface area contributed by atoms with Crippen molar-refractivity contribution in [1.82, 2.24) is 0 Å². The van der Waals surface area contributed by atoms with Gasteiger partial charge < -0.3 is 4.18 Å². The molecular weight excluding hydrogens is 347 g/mol. The Labute approximate surface area is 139 Å². The van der Waals surface area contributed by atoms with E-state index in [1.807, 2.05) is 6.92 Å². The van der Waals surface area contributed by atoms with Crippen molar-refractivity contribution in [2.45, 2.75) is 37.6 Å². The number of nitrogens with zero attached hydrogens (tertiary/aromatic N) is 1. The van der Waals surface area contributed by atoms with Gasteiger partial charge in [0.2, 0.25) is 0 Å². The van der Waals surface area contributed by atoms with Gasteiger partial charge in [0.15, 0.2) is 0 Å². The largest absolute Gasteiger partial charge is 0.534 e. The maximum atomic E-state index is 12.4. The van der Waals surface area contributed by atoms with Crippen molar-refractivity contribution in [1.29, 1.82) is 0 Å². The third-order valence-corrected chi connectivity index (χ3v) is 5.12. The zero-order valence-corrected chi connectivity index (χ0v) is 14.1. The van der Waals surface area contributed by atoms with Crippen molar-refractivity contribution >= 4 is 10.1 Å². The van der Waals surface area contributed by atoms with Crippen LogP contribution in [0.5, 0.6) is 5.75 Å². The van der Waals surface area contributed by atoms with Crippen LogP contribution in [-0.4, -0.2) is 43.4 Å². The lowest BCUT2D eigenvalue weighted by atomic mass is 9.90. The first-order valence-corrected chi connectivity index (χ1v) is 9.17. The highest BCUT2D eigenvalue weighted by molar-refractivity contribution is 7.88. The lowest BCUT2D eigenvalue weighted by Crippen LogP contribution is -2.51. The fraction of sp³-hybridized carbons (Fsp3) is 0.600. The van der Waals surface area contributed by atoms with Crippen LogP contribution in [0.1, 0.15) is 37.7 Å². The first kappa shape index (κ1) is 19.0. The molecular formula is C15H21F3NO4S+. The summed E-state index contributed by atoms with van der Waals surface area (Å²) in [5.74, 6) is -0.436. The molecule has 1 aromatic rings. The summed E-state index contributed by atoms with van der Waals surface area (Å²) in [5, 5.41) is 10.5. The lowest BCUT2D eigenvalue weighted by Gasteiger charge is -2.37. The van der Waals surface area contributed by atoms with Crippen molar-refractivity contribution in [2.75, 3.05) is 19.6 Å². The SMILES string of the molecule is CCC[N+]1(O)CCCC(c2cccc(OS(=O)(=O)C(F)(F)F)c2)C1. The number of piperidine rings is 1. The van der Waals surface area contributed by atoms with Crippen LogP contribution in [0.2, 0.25) is 0 Å². The molecule has 1 fully saturated rings. The number of rotatable bonds is 5. The Hall–Kier alpha value is -1.32. The summed E-state index contributed by atoms with van der Waals surface area (Å²) in [6.07, 6.45) is 2.38. The molecule has 0 aromatic heterocycles. The highest BCUT2D eigenvalue weighted by Gasteiger charge is 2.48. The Morgan fingerprint density at radius 1 is 1.38 bits per heavy atom. The molecule has 5 nitrogen and oxygen atoms in total. The van der Waals surface area contributed by atoms with Crippen LogP contribution in [0, 0.1) is 0 Å². The average molecular weight is 368 g/mol. The molecule has 136 valence electrons. The van der Waals surface area contributed by atoms with Gasteiger partial charge in [-0.15, -0.1) is 0 Å². The van der Waals surface area contributed by atoms with E-state index in [9.17, 15) is 26.8 Å². The van der Waals surface area contributed by atoms with Gasteiger partial charge in [-0.3, -0.25) is 0 Å². The van der Waals surface area contributed by atoms with Crippen LogP contribution in [-0.2, 0) is 10.1 Å². The molecule has 2 rings (SSSR count). The van der Waals surface area contributed by atoms with E-state index >= 15 is 0 Å². The second-order valence-corrected chi connectivity index (χ2v) is 7.66. The first-order valence-electron chi connectivity index (χ1n) is 7.76. The maximum Gasteiger partial charge on any atom is 0.534 e. The molecule has 0 spiro atoms. The highest BCUT2D eigenvalue weighted by atomic mass is 32.2. The van der Waals surface area contributed by atoms with E-state index in [4.69, 9.17) is 0 Å². The van der Waals surface area contributed by atoms with Gasteiger partial charge >= 0.3 is 15.6 Å². The van der Waals surface area contributed by atoms with Crippen LogP contribution < -0.4 is 4.18 Å². The standard InChI is InChI=1S/C15H21F3NO4S/c1-2-8-19(20)9-4-6-13(11-19)12-5-3-7-14(10-12)23-24(21,22)15(16,17)18/h3,5,7,10,13,20H,2,4,6,8-9,11H2,1H3/q+1. The number of hydrogen-bond acceptors (Lipinski definition) is 4. The van der Waals surface area contributed by atoms with Gasteiger partial charge in [-0.05, 0) is 30.5 Å². The summed E-state index contributed by atoms with van der Waals surface area (Å²) in [5.41, 5.74) is -4.80. The Kier molecular flexibility index (Phi) is 5.46. The second-order valence-electron chi connectivity index (χ2n) is 6.12. The zero-order chi connectivity index (χ0) is 18.0. The number of alkyl halides is 3. The molecule has 1 aliphatic heterocycles. The molecule has 1 aromatic carbocycles. The summed E-state index contributed by atoms with van der Waals surface area (Å²) in [7, 11) is -5.68. The van der Waals surface area contributed by atoms with Crippen LogP contribution in [0.4, 0.5) is 13.2 Å². The van der Waals surface area contributed by atoms with Crippen LogP contribution >= 0.6 is 0 Å². The van der Waals surface area contributed by atoms with E-state index in [0.29, 0.717) is 25.2 Å². The molecule has 0 bridgehead atoms. The lowest BCUT2D eigenvalue weighted by molar-refractivity contribution is -1.11. The third kappa shape index (κ3) is 4.40. The Morgan fingerprint density at radius 2 is 2.08 bits per heavy atom. The van der Waals surface area contributed by atoms with Crippen LogP contribution in [0.25, 0.3) is 0 Å². The molecule has 0 saturated carbocycles. The molecule has 1 N–H and O–H groups in total. The van der Waals surface area contributed by atoms with E-state index in [1.165, 1.54) is 18.2 Å². The molecule has 24 heavy (non-hydrogen) atoms. The molecule has 0 radical (unpaired) electrons. The minimum Gasteiger partial charge on any atom is -0.376 e. The number of benzene rings is 1. The molecule has 2 atom stereocenters. The van der Waals surface area contributed by atoms with Crippen molar-refractivity contribution in [3.8, 4) is 5.75 Å². The summed E-state index contributed by atoms with van der Waals surface area (Å²) in [6, 6.07) is 5.63. The average Bonchev–Trinajstić information content (AvgIpc) is 2.46. The maximum absolute atomic E-state index is 12.4. The minimum absolute atomic E-state index is 0.0626. The van der Waals surface area contributed by atoms with Gasteiger partial charge in [0, 0.05) is 12.3 Å². The normalized spacial score (nSPS) is 25.5. The van der Waals surface area contributed by atoms with Crippen LogP contribution in [0.15, 0.2) is 24.3 Å². The molecule has 1 heterocycles. The summed E-state index contributed by atoms with van der Waals surface area (Å²) in [6.45, 7) is 3.66. The number of halogens is 3. The van der Waals surface area contributed by atoms with Crippen molar-refractivity contribution in [2.24, 2.45) is 0 Å². The van der Waals surface area contributed by atoms with Crippen molar-refractivity contribution in [3.63, 3.8) is 0 Å². The van der Waals surface area contributed by atoms with Crippen molar-refractivity contribution < 1.29 is 35.6 Å². The van der Waals surface area contributed by atoms with Gasteiger partial charge in [-0.1, -0.05) is 19.1 Å². The first-order chi connectivity index (χ1) is 11.1. The van der Waals surface area contributed by atoms with E-state index in [0.717, 1.165) is 19.3 Å². The molecule has 0 amide bonds. The monoisotopic (exact) mass is 368 g/mol. The Morgan fingerprint density at radius 3 is 2.71 bits per heavy atom. The highest BCUT2D eigenvalue weighted by Crippen LogP contribution is 2.33. The predicted octanol–water partition coefficient (Wildman–Crippen LogP) is 3.41. The number of hydrogen-bond donors (Lipinski definition) is 1. The van der Waals surface area contributed by atoms with Gasteiger partial charge in [-0.25, -0.2) is 5.21 Å². The Bertz CT molecular complexity index is 674. The molecule has 1 saturated heterocycles. The third-order valence-electron chi connectivity index (χ3n) is 4.15. The molecule has 1 aliphatic rings. The Balaban J connectivity index is 2.19. The van der Waals surface area contributed by atoms with E-state index in [2.05, 4.69) is 4.18 Å². The van der Waals surface area contributed by atoms with Gasteiger partial charge in [0.25, 0.3) is 0 Å². The fourth-order valence-corrected chi connectivity index (χ4v) is 3.56. The summed E-state index contributed by atoms with van der Waals surface area (Å²) < 4.78 is 63.6. The minimum atomic E-state index is -5.68. The van der Waals surface area contributed by atoms with Crippen LogP contribution in [0.3, 0.4) is 0 Å². The van der Waals surface area contributed by atoms with E-state index in [1.54, 1.807) is 6.07 Å². The van der Waals surface area contributed by atoms with Gasteiger partial charge in [0.05, 0.1) is 0 Å². The smallest absolute Gasteiger partial charge is 0.376 e. The number of hydroxylamine groups is 3. The molecule has 0 aliphatic carbocycles. The van der Waals surface area contributed by atoms with E-state index in [-0.39, 0.29) is 16.3 Å². The van der Waals surface area contributed by atoms with Gasteiger partial charge in [0.1, 0.15) is 25.4 Å². The molecule has 9 heteroatoms. The second kappa shape index (κ2) is 6.89. The van der Waals surface area contributed by atoms with E-state index < -0.39 is 15.6 Å².